The van der Waals surface area contributed by atoms with E-state index in [0.29, 0.717) is 12.1 Å². The van der Waals surface area contributed by atoms with Gasteiger partial charge in [-0.05, 0) is 41.2 Å². The molecule has 2 aliphatic carbocycles. The molecular weight excluding hydrogens is 300 g/mol. The maximum Gasteiger partial charge on any atom is 0.316 e. The molecule has 24 heavy (non-hydrogen) atoms. The summed E-state index contributed by atoms with van der Waals surface area (Å²) >= 11 is 0. The zero-order valence-electron chi connectivity index (χ0n) is 13.7. The van der Waals surface area contributed by atoms with Gasteiger partial charge in [0, 0.05) is 5.92 Å². The van der Waals surface area contributed by atoms with Gasteiger partial charge in [0.05, 0.1) is 22.4 Å². The lowest BCUT2D eigenvalue weighted by Crippen LogP contribution is -2.43. The summed E-state index contributed by atoms with van der Waals surface area (Å²) in [5.41, 5.74) is 1.99. The predicted molar refractivity (Wildman–Crippen MR) is 92.1 cm³/mol. The van der Waals surface area contributed by atoms with E-state index < -0.39 is 11.4 Å². The summed E-state index contributed by atoms with van der Waals surface area (Å²) in [6, 6.07) is 12.2. The van der Waals surface area contributed by atoms with Crippen LogP contribution in [-0.4, -0.2) is 21.0 Å². The number of carbonyl (C=O) groups is 1. The lowest BCUT2D eigenvalue weighted by Gasteiger charge is -2.33. The van der Waals surface area contributed by atoms with Gasteiger partial charge >= 0.3 is 5.97 Å². The molecule has 0 unspecified atom stereocenters. The molecule has 1 saturated carbocycles. The third-order valence-electron chi connectivity index (χ3n) is 6.44. The lowest BCUT2D eigenvalue weighted by atomic mass is 9.68. The highest BCUT2D eigenvalue weighted by atomic mass is 16.4. The Morgan fingerprint density at radius 1 is 1.12 bits per heavy atom. The third kappa shape index (κ3) is 1.38. The zero-order chi connectivity index (χ0) is 16.7. The van der Waals surface area contributed by atoms with Crippen molar-refractivity contribution in [3.63, 3.8) is 0 Å². The molecular formula is C20H18N2O2. The van der Waals surface area contributed by atoms with Gasteiger partial charge in [0.15, 0.2) is 0 Å². The minimum atomic E-state index is -0.903. The lowest BCUT2D eigenvalue weighted by molar-refractivity contribution is -0.147. The Morgan fingerprint density at radius 2 is 1.75 bits per heavy atom. The van der Waals surface area contributed by atoms with Gasteiger partial charge in [-0.2, -0.15) is 0 Å². The standard InChI is InChI=1S/C20H18N2O2/c1-19(2)13-7-8-20(19,18(23)24)17-16(13)21-14-9-11-5-3-4-6-12(11)10-15(14)22-17/h3-6,9-10,13H,7-8H2,1-2H3,(H,23,24)/t13-,20+/m1/s1. The molecule has 5 rings (SSSR count). The van der Waals surface area contributed by atoms with Crippen molar-refractivity contribution in [2.75, 3.05) is 0 Å². The minimum absolute atomic E-state index is 0.173. The van der Waals surface area contributed by atoms with Gasteiger partial charge in [0.1, 0.15) is 5.41 Å². The summed E-state index contributed by atoms with van der Waals surface area (Å²) < 4.78 is 0. The molecule has 1 aromatic heterocycles. The Morgan fingerprint density at radius 3 is 2.38 bits per heavy atom. The summed E-state index contributed by atoms with van der Waals surface area (Å²) in [6.45, 7) is 4.12. The Labute approximate surface area is 139 Å². The number of carboxylic acid groups (broad SMARTS) is 1. The van der Waals surface area contributed by atoms with Gasteiger partial charge in [-0.3, -0.25) is 4.79 Å². The van der Waals surface area contributed by atoms with E-state index in [9.17, 15) is 9.90 Å². The van der Waals surface area contributed by atoms with Crippen LogP contribution in [0.1, 0.15) is 44.0 Å². The number of nitrogens with zero attached hydrogens (tertiary/aromatic N) is 2. The molecule has 3 aromatic rings. The number of benzene rings is 2. The van der Waals surface area contributed by atoms with Crippen LogP contribution in [-0.2, 0) is 10.2 Å². The molecule has 4 nitrogen and oxygen atoms in total. The number of aliphatic carboxylic acids is 1. The normalized spacial score (nSPS) is 26.8. The van der Waals surface area contributed by atoms with Crippen molar-refractivity contribution in [1.82, 2.24) is 9.97 Å². The topological polar surface area (TPSA) is 63.1 Å². The van der Waals surface area contributed by atoms with Crippen LogP contribution in [0.5, 0.6) is 0 Å². The monoisotopic (exact) mass is 318 g/mol. The number of carboxylic acids is 1. The van der Waals surface area contributed by atoms with E-state index in [2.05, 4.69) is 26.0 Å². The maximum absolute atomic E-state index is 12.2. The molecule has 0 saturated heterocycles. The highest BCUT2D eigenvalue weighted by Gasteiger charge is 2.68. The number of fused-ring (bicyclic) bond motifs is 7. The number of aromatic nitrogens is 2. The molecule has 2 aliphatic rings. The number of rotatable bonds is 1. The van der Waals surface area contributed by atoms with E-state index in [1.54, 1.807) is 0 Å². The first-order valence-corrected chi connectivity index (χ1v) is 8.39. The Bertz CT molecular complexity index is 1040. The van der Waals surface area contributed by atoms with E-state index in [1.807, 2.05) is 24.3 Å². The molecule has 4 heteroatoms. The van der Waals surface area contributed by atoms with Gasteiger partial charge in [-0.25, -0.2) is 9.97 Å². The fourth-order valence-corrected chi connectivity index (χ4v) is 5.04. The summed E-state index contributed by atoms with van der Waals surface area (Å²) in [5, 5.41) is 12.3. The largest absolute Gasteiger partial charge is 0.481 e. The van der Waals surface area contributed by atoms with Crippen LogP contribution in [0.15, 0.2) is 36.4 Å². The number of hydrogen-bond donors (Lipinski definition) is 1. The predicted octanol–water partition coefficient (Wildman–Crippen LogP) is 4.02. The van der Waals surface area contributed by atoms with Crippen LogP contribution in [0, 0.1) is 5.41 Å². The van der Waals surface area contributed by atoms with Crippen molar-refractivity contribution < 1.29 is 9.90 Å². The third-order valence-corrected chi connectivity index (χ3v) is 6.44. The van der Waals surface area contributed by atoms with Crippen LogP contribution in [0.3, 0.4) is 0 Å². The smallest absolute Gasteiger partial charge is 0.316 e. The van der Waals surface area contributed by atoms with Gasteiger partial charge in [-0.15, -0.1) is 0 Å². The highest BCUT2D eigenvalue weighted by Crippen LogP contribution is 2.67. The molecule has 2 atom stereocenters. The first-order chi connectivity index (χ1) is 11.4. The molecule has 0 amide bonds. The van der Waals surface area contributed by atoms with Crippen LogP contribution in [0.2, 0.25) is 0 Å². The van der Waals surface area contributed by atoms with E-state index in [1.165, 1.54) is 0 Å². The van der Waals surface area contributed by atoms with E-state index in [-0.39, 0.29) is 11.3 Å². The summed E-state index contributed by atoms with van der Waals surface area (Å²) in [5.74, 6) is -0.588. The molecule has 120 valence electrons. The summed E-state index contributed by atoms with van der Waals surface area (Å²) in [4.78, 5) is 22.0. The highest BCUT2D eigenvalue weighted by molar-refractivity contribution is 5.95. The Hall–Kier alpha value is -2.49. The minimum Gasteiger partial charge on any atom is -0.481 e. The first-order valence-electron chi connectivity index (χ1n) is 8.39. The molecule has 2 bridgehead atoms. The van der Waals surface area contributed by atoms with Gasteiger partial charge in [0.25, 0.3) is 0 Å². The Kier molecular flexibility index (Phi) is 2.39. The molecule has 0 radical (unpaired) electrons. The Balaban J connectivity index is 1.87. The molecule has 1 heterocycles. The van der Waals surface area contributed by atoms with Crippen LogP contribution < -0.4 is 0 Å². The van der Waals surface area contributed by atoms with E-state index in [4.69, 9.17) is 9.97 Å². The van der Waals surface area contributed by atoms with Crippen LogP contribution in [0.4, 0.5) is 0 Å². The second-order valence-corrected chi connectivity index (χ2v) is 7.67. The fourth-order valence-electron chi connectivity index (χ4n) is 5.04. The van der Waals surface area contributed by atoms with E-state index >= 15 is 0 Å². The van der Waals surface area contributed by atoms with Crippen molar-refractivity contribution in [1.29, 1.82) is 0 Å². The van der Waals surface area contributed by atoms with Crippen LogP contribution in [0.25, 0.3) is 21.8 Å². The quantitative estimate of drug-likeness (QED) is 0.688. The zero-order valence-corrected chi connectivity index (χ0v) is 13.7. The summed E-state index contributed by atoms with van der Waals surface area (Å²) in [7, 11) is 0. The second kappa shape index (κ2) is 4.12. The van der Waals surface area contributed by atoms with Gasteiger partial charge in [0.2, 0.25) is 0 Å². The van der Waals surface area contributed by atoms with Crippen molar-refractivity contribution >= 4 is 27.8 Å². The van der Waals surface area contributed by atoms with Crippen molar-refractivity contribution in [2.45, 2.75) is 38.0 Å². The molecule has 0 aliphatic heterocycles. The van der Waals surface area contributed by atoms with Gasteiger partial charge in [-0.1, -0.05) is 38.1 Å². The van der Waals surface area contributed by atoms with Crippen LogP contribution >= 0.6 is 0 Å². The summed E-state index contributed by atoms with van der Waals surface area (Å²) in [6.07, 6.45) is 1.53. The average molecular weight is 318 g/mol. The fraction of sp³-hybridized carbons (Fsp3) is 0.350. The first kappa shape index (κ1) is 13.9. The maximum atomic E-state index is 12.2. The second-order valence-electron chi connectivity index (χ2n) is 7.67. The average Bonchev–Trinajstić information content (AvgIpc) is 2.93. The molecule has 1 fully saturated rings. The van der Waals surface area contributed by atoms with Crippen molar-refractivity contribution in [3.05, 3.63) is 47.8 Å². The van der Waals surface area contributed by atoms with Crippen molar-refractivity contribution in [2.24, 2.45) is 5.41 Å². The molecule has 1 N–H and O–H groups in total. The molecule has 0 spiro atoms. The SMILES string of the molecule is CC1(C)[C@@H]2CC[C@@]1(C(=O)O)c1nc3cc4ccccc4cc3nc12. The van der Waals surface area contributed by atoms with Crippen molar-refractivity contribution in [3.8, 4) is 0 Å². The van der Waals surface area contributed by atoms with E-state index in [0.717, 1.165) is 33.9 Å². The molecule has 2 aromatic carbocycles. The van der Waals surface area contributed by atoms with Gasteiger partial charge < -0.3 is 5.11 Å². The number of hydrogen-bond acceptors (Lipinski definition) is 3.